The van der Waals surface area contributed by atoms with Gasteiger partial charge in [-0.15, -0.1) is 0 Å². The molecule has 0 aliphatic heterocycles. The number of hydrogen-bond acceptors (Lipinski definition) is 2. The smallest absolute Gasteiger partial charge is 0.215 e. The number of hydrogen-bond donors (Lipinski definition) is 1. The molecule has 0 spiro atoms. The van der Waals surface area contributed by atoms with Gasteiger partial charge in [0.25, 0.3) is 0 Å². The summed E-state index contributed by atoms with van der Waals surface area (Å²) in [6.07, 6.45) is -11.9. The van der Waals surface area contributed by atoms with Crippen LogP contribution in [0.5, 0.6) is 0 Å². The van der Waals surface area contributed by atoms with Gasteiger partial charge in [-0.05, 0) is 4.31 Å². The van der Waals surface area contributed by atoms with Crippen LogP contribution in [0.1, 0.15) is 0 Å². The average Bonchev–Trinajstić information content (AvgIpc) is 1.49. The Balaban J connectivity index is 0. The zero-order chi connectivity index (χ0) is 10.2. The first-order chi connectivity index (χ1) is 5.07. The van der Waals surface area contributed by atoms with Gasteiger partial charge >= 0.3 is 12.6 Å². The molecule has 0 saturated carbocycles. The van der Waals surface area contributed by atoms with E-state index >= 15 is 0 Å². The van der Waals surface area contributed by atoms with Crippen LogP contribution in [0.15, 0.2) is 0 Å². The van der Waals surface area contributed by atoms with E-state index in [4.69, 9.17) is 0 Å². The summed E-state index contributed by atoms with van der Waals surface area (Å²) < 4.78 is 84.3. The van der Waals surface area contributed by atoms with E-state index in [0.29, 0.717) is 0 Å². The first-order valence-electron chi connectivity index (χ1n) is 2.15. The summed E-state index contributed by atoms with van der Waals surface area (Å²) in [5.74, 6) is 0. The van der Waals surface area contributed by atoms with Crippen molar-refractivity contribution in [2.75, 3.05) is 0 Å². The van der Waals surface area contributed by atoms with Gasteiger partial charge in [-0.25, -0.2) is 8.42 Å². The topological polar surface area (TPSA) is 37.4 Å². The molecule has 76 valence electrons. The van der Waals surface area contributed by atoms with Crippen LogP contribution in [0, 0.1) is 0 Å². The first-order valence-corrected chi connectivity index (χ1v) is 3.28. The van der Waals surface area contributed by atoms with E-state index in [2.05, 4.69) is 0 Å². The predicted molar refractivity (Wildman–Crippen MR) is 30.0 cm³/mol. The number of thiol groups is 1. The molecule has 0 rings (SSSR count). The summed E-state index contributed by atoms with van der Waals surface area (Å²) in [4.78, 5) is 0. The van der Waals surface area contributed by atoms with Crippen molar-refractivity contribution in [3.8, 4) is 0 Å². The fraction of sp³-hybridized carbons (Fsp3) is 1.00. The molecule has 0 heterocycles. The Hall–Kier alpha value is 0.750. The van der Waals surface area contributed by atoms with Crippen molar-refractivity contribution in [1.82, 2.24) is 4.31 Å². The van der Waals surface area contributed by atoms with Crippen molar-refractivity contribution < 1.29 is 34.8 Å². The maximum Gasteiger partial charge on any atom is 0.480 e. The summed E-state index contributed by atoms with van der Waals surface area (Å²) >= 11 is 0. The predicted octanol–water partition coefficient (Wildman–Crippen LogP) is 0.474. The fourth-order valence-corrected chi connectivity index (χ4v) is 0.699. The van der Waals surface area contributed by atoms with Crippen LogP contribution >= 0.6 is 0 Å². The van der Waals surface area contributed by atoms with E-state index < -0.39 is 27.8 Å². The molecule has 2 radical (unpaired) electrons. The average molecular weight is 257 g/mol. The summed E-state index contributed by atoms with van der Waals surface area (Å²) in [5.41, 5.74) is 0. The molecule has 13 heavy (non-hydrogen) atoms. The van der Waals surface area contributed by atoms with Crippen molar-refractivity contribution in [3.05, 3.63) is 0 Å². The fourth-order valence-electron chi connectivity index (χ4n) is 0.329. The molecule has 3 nitrogen and oxygen atoms in total. The largest absolute Gasteiger partial charge is 0.480 e. The van der Waals surface area contributed by atoms with Crippen LogP contribution in [0.4, 0.5) is 26.3 Å². The van der Waals surface area contributed by atoms with E-state index in [1.807, 2.05) is 0 Å². The van der Waals surface area contributed by atoms with Gasteiger partial charge in [0.2, 0.25) is 10.9 Å². The molecule has 0 amide bonds. The molecular weight excluding hydrogens is 256 g/mol. The Morgan fingerprint density at radius 2 is 1.08 bits per heavy atom. The van der Waals surface area contributed by atoms with Crippen molar-refractivity contribution in [3.63, 3.8) is 0 Å². The molecule has 0 aliphatic rings. The molecule has 0 aromatic rings. The monoisotopic (exact) mass is 257 g/mol. The van der Waals surface area contributed by atoms with Gasteiger partial charge in [-0.1, -0.05) is 0 Å². The minimum atomic E-state index is -5.96. The van der Waals surface area contributed by atoms with Crippen LogP contribution in [-0.2, 0) is 10.9 Å². The zero-order valence-electron chi connectivity index (χ0n) is 5.69. The van der Waals surface area contributed by atoms with Crippen molar-refractivity contribution in [2.45, 2.75) is 12.6 Å². The van der Waals surface area contributed by atoms with E-state index in [1.54, 1.807) is 0 Å². The number of alkyl halides is 6. The van der Waals surface area contributed by atoms with Gasteiger partial charge in [-0.3, -0.25) is 0 Å². The van der Waals surface area contributed by atoms with Crippen molar-refractivity contribution >= 4 is 48.6 Å². The summed E-state index contributed by atoms with van der Waals surface area (Å²) in [6, 6.07) is 0. The summed E-state index contributed by atoms with van der Waals surface area (Å²) in [7, 11) is -4.76. The van der Waals surface area contributed by atoms with Gasteiger partial charge in [0.1, 0.15) is 0 Å². The second-order valence-corrected chi connectivity index (χ2v) is 2.36. The molecule has 0 atom stereocenters. The van der Waals surface area contributed by atoms with Crippen molar-refractivity contribution in [1.29, 1.82) is 0 Å². The molecular formula is C2HCaF6NO2S. The second-order valence-electron chi connectivity index (χ2n) is 1.49. The molecule has 0 aromatic carbocycles. The number of halogens is 6. The molecule has 11 heteroatoms. The number of rotatable bonds is 1. The van der Waals surface area contributed by atoms with Crippen LogP contribution in [0.3, 0.4) is 0 Å². The van der Waals surface area contributed by atoms with E-state index in [1.165, 1.54) is 0 Å². The Labute approximate surface area is 99.8 Å². The van der Waals surface area contributed by atoms with Gasteiger partial charge < -0.3 is 0 Å². The zero-order valence-corrected chi connectivity index (χ0v) is 8.79. The van der Waals surface area contributed by atoms with Crippen LogP contribution < -0.4 is 0 Å². The molecule has 0 aromatic heterocycles. The van der Waals surface area contributed by atoms with Gasteiger partial charge in [-0.2, -0.15) is 26.3 Å². The Morgan fingerprint density at radius 1 is 0.846 bits per heavy atom. The Bertz CT molecular complexity index is 210. The molecule has 0 unspecified atom stereocenters. The van der Waals surface area contributed by atoms with Crippen LogP contribution in [-0.4, -0.2) is 63.1 Å². The minimum absolute atomic E-state index is 0. The molecule has 0 bridgehead atoms. The van der Waals surface area contributed by atoms with E-state index in [0.717, 1.165) is 0 Å². The third kappa shape index (κ3) is 5.25. The SMILES string of the molecule is O=[SH](=O)N(C(F)(F)F)C(F)(F)F.[Ca]. The maximum absolute atomic E-state index is 11.3. The molecule has 0 N–H and O–H groups in total. The maximum atomic E-state index is 11.3. The van der Waals surface area contributed by atoms with E-state index in [9.17, 15) is 34.8 Å². The molecule has 0 fully saturated rings. The second kappa shape index (κ2) is 5.01. The standard InChI is InChI=1S/C2HF6NO2S.Ca/c3-1(4,5)9(12(10)11)2(6,7)8;/h12H;. The third-order valence-corrected chi connectivity index (χ3v) is 1.42. The quantitative estimate of drug-likeness (QED) is 0.321. The third-order valence-electron chi connectivity index (χ3n) is 0.644. The van der Waals surface area contributed by atoms with Crippen molar-refractivity contribution in [2.24, 2.45) is 0 Å². The van der Waals surface area contributed by atoms with E-state index in [-0.39, 0.29) is 37.7 Å². The van der Waals surface area contributed by atoms with Gasteiger partial charge in [0, 0.05) is 37.7 Å². The normalized spacial score (nSPS) is 13.2. The Morgan fingerprint density at radius 3 is 1.08 bits per heavy atom. The van der Waals surface area contributed by atoms with Crippen LogP contribution in [0.25, 0.3) is 0 Å². The summed E-state index contributed by atoms with van der Waals surface area (Å²) in [5, 5.41) is 0. The number of nitrogens with zero attached hydrogens (tertiary/aromatic N) is 1. The van der Waals surface area contributed by atoms with Crippen LogP contribution in [0.2, 0.25) is 0 Å². The summed E-state index contributed by atoms with van der Waals surface area (Å²) in [6.45, 7) is 0. The molecule has 0 aliphatic carbocycles. The molecule has 0 saturated heterocycles. The van der Waals surface area contributed by atoms with Gasteiger partial charge in [0.05, 0.1) is 0 Å². The van der Waals surface area contributed by atoms with Gasteiger partial charge in [0.15, 0.2) is 0 Å². The first kappa shape index (κ1) is 16.2. The minimum Gasteiger partial charge on any atom is -0.215 e. The Kier molecular flexibility index (Phi) is 6.24.